The van der Waals surface area contributed by atoms with E-state index in [0.717, 1.165) is 39.8 Å². The van der Waals surface area contributed by atoms with Crippen molar-refractivity contribution < 1.29 is 4.79 Å². The first-order valence-electron chi connectivity index (χ1n) is 5.79. The zero-order chi connectivity index (χ0) is 13.0. The number of hydrogen-bond donors (Lipinski definition) is 1. The third-order valence-corrected chi connectivity index (χ3v) is 4.07. The van der Waals surface area contributed by atoms with Gasteiger partial charge in [0.05, 0.1) is 3.58 Å². The van der Waals surface area contributed by atoms with Gasteiger partial charge in [0, 0.05) is 30.7 Å². The number of nitrogens with zero attached hydrogens (tertiary/aromatic N) is 1. The molecule has 1 fully saturated rings. The molecule has 1 amide bonds. The highest BCUT2D eigenvalue weighted by molar-refractivity contribution is 14.1. The molecule has 0 aromatic heterocycles. The van der Waals surface area contributed by atoms with Gasteiger partial charge in [-0.2, -0.15) is 0 Å². The predicted octanol–water partition coefficient (Wildman–Crippen LogP) is 2.66. The second-order valence-electron chi connectivity index (χ2n) is 4.09. The number of benzene rings is 1. The van der Waals surface area contributed by atoms with E-state index in [1.165, 1.54) is 0 Å². The molecule has 96 valence electrons. The third kappa shape index (κ3) is 3.80. The van der Waals surface area contributed by atoms with Crippen LogP contribution in [-0.4, -0.2) is 37.0 Å². The minimum absolute atomic E-state index is 0.125. The van der Waals surface area contributed by atoms with E-state index in [4.69, 9.17) is 0 Å². The number of carbonyl (C=O) groups excluding carboxylic acids is 1. The predicted molar refractivity (Wildman–Crippen MR) is 85.6 cm³/mol. The van der Waals surface area contributed by atoms with Crippen molar-refractivity contribution >= 4 is 50.5 Å². The molecule has 0 atom stereocenters. The van der Waals surface area contributed by atoms with Crippen molar-refractivity contribution in [3.63, 3.8) is 0 Å². The van der Waals surface area contributed by atoms with Crippen LogP contribution in [0.4, 0.5) is 0 Å². The van der Waals surface area contributed by atoms with Crippen LogP contribution in [0.25, 0.3) is 6.08 Å². The van der Waals surface area contributed by atoms with E-state index in [1.54, 1.807) is 0 Å². The van der Waals surface area contributed by atoms with E-state index in [9.17, 15) is 4.79 Å². The van der Waals surface area contributed by atoms with Crippen molar-refractivity contribution in [2.24, 2.45) is 0 Å². The van der Waals surface area contributed by atoms with Crippen LogP contribution < -0.4 is 5.32 Å². The van der Waals surface area contributed by atoms with Crippen LogP contribution >= 0.6 is 38.5 Å². The number of piperazine rings is 1. The van der Waals surface area contributed by atoms with Crippen LogP contribution in [0.5, 0.6) is 0 Å². The maximum absolute atomic E-state index is 12.2. The molecule has 0 unspecified atom stereocenters. The van der Waals surface area contributed by atoms with Gasteiger partial charge in [0.1, 0.15) is 0 Å². The van der Waals surface area contributed by atoms with Gasteiger partial charge < -0.3 is 10.2 Å². The molecule has 1 heterocycles. The molecule has 1 N–H and O–H groups in total. The van der Waals surface area contributed by atoms with Crippen molar-refractivity contribution in [2.75, 3.05) is 26.2 Å². The summed E-state index contributed by atoms with van der Waals surface area (Å²) in [5, 5.41) is 3.24. The van der Waals surface area contributed by atoms with Gasteiger partial charge in [-0.25, -0.2) is 0 Å². The van der Waals surface area contributed by atoms with Gasteiger partial charge in [0.15, 0.2) is 0 Å². The number of halogens is 2. The zero-order valence-electron chi connectivity index (χ0n) is 9.83. The molecule has 2 rings (SSSR count). The van der Waals surface area contributed by atoms with Gasteiger partial charge in [-0.15, -0.1) is 0 Å². The molecular weight excluding hydrogens is 407 g/mol. The normalized spacial score (nSPS) is 16.8. The van der Waals surface area contributed by atoms with Gasteiger partial charge in [-0.05, 0) is 46.4 Å². The van der Waals surface area contributed by atoms with Crippen molar-refractivity contribution in [1.29, 1.82) is 0 Å². The number of rotatable bonds is 2. The Morgan fingerprint density at radius 3 is 2.50 bits per heavy atom. The summed E-state index contributed by atoms with van der Waals surface area (Å²) in [6.07, 6.45) is 1.93. The van der Waals surface area contributed by atoms with Crippen molar-refractivity contribution in [3.05, 3.63) is 37.9 Å². The molecule has 0 spiro atoms. The maximum Gasteiger partial charge on any atom is 0.260 e. The Morgan fingerprint density at radius 2 is 1.89 bits per heavy atom. The van der Waals surface area contributed by atoms with Crippen molar-refractivity contribution in [2.45, 2.75) is 0 Å². The lowest BCUT2D eigenvalue weighted by Crippen LogP contribution is -2.46. The average Bonchev–Trinajstić information content (AvgIpc) is 2.41. The van der Waals surface area contributed by atoms with Crippen LogP contribution in [0.2, 0.25) is 0 Å². The molecule has 1 aromatic rings. The monoisotopic (exact) mass is 420 g/mol. The molecule has 1 aliphatic rings. The van der Waals surface area contributed by atoms with Gasteiger partial charge in [-0.1, -0.05) is 28.1 Å². The molecule has 18 heavy (non-hydrogen) atoms. The van der Waals surface area contributed by atoms with Crippen molar-refractivity contribution in [3.8, 4) is 0 Å². The number of carbonyl (C=O) groups is 1. The summed E-state index contributed by atoms with van der Waals surface area (Å²) in [4.78, 5) is 14.1. The van der Waals surface area contributed by atoms with E-state index < -0.39 is 0 Å². The second-order valence-corrected chi connectivity index (χ2v) is 6.16. The summed E-state index contributed by atoms with van der Waals surface area (Å²) in [7, 11) is 0. The van der Waals surface area contributed by atoms with Crippen LogP contribution in [0.15, 0.2) is 32.3 Å². The van der Waals surface area contributed by atoms with Gasteiger partial charge >= 0.3 is 0 Å². The smallest absolute Gasteiger partial charge is 0.260 e. The fraction of sp³-hybridized carbons (Fsp3) is 0.308. The van der Waals surface area contributed by atoms with E-state index >= 15 is 0 Å². The van der Waals surface area contributed by atoms with Crippen molar-refractivity contribution in [1.82, 2.24) is 10.2 Å². The first kappa shape index (κ1) is 14.0. The Balaban J connectivity index is 2.07. The minimum atomic E-state index is 0.125. The lowest BCUT2D eigenvalue weighted by Gasteiger charge is -2.27. The molecule has 5 heteroatoms. The third-order valence-electron chi connectivity index (χ3n) is 2.77. The van der Waals surface area contributed by atoms with Gasteiger partial charge in [0.2, 0.25) is 0 Å². The molecule has 0 radical (unpaired) electrons. The Kier molecular flexibility index (Phi) is 5.20. The highest BCUT2D eigenvalue weighted by Crippen LogP contribution is 2.18. The lowest BCUT2D eigenvalue weighted by atomic mass is 10.2. The van der Waals surface area contributed by atoms with E-state index in [1.807, 2.05) is 35.2 Å². The molecule has 1 saturated heterocycles. The lowest BCUT2D eigenvalue weighted by molar-refractivity contribution is -0.126. The highest BCUT2D eigenvalue weighted by atomic mass is 127. The van der Waals surface area contributed by atoms with Gasteiger partial charge in [-0.3, -0.25) is 4.79 Å². The molecule has 0 bridgehead atoms. The molecule has 3 nitrogen and oxygen atoms in total. The summed E-state index contributed by atoms with van der Waals surface area (Å²) >= 11 is 5.52. The summed E-state index contributed by atoms with van der Waals surface area (Å²) in [6.45, 7) is 3.35. The molecule has 0 saturated carbocycles. The average molecular weight is 421 g/mol. The first-order chi connectivity index (χ1) is 8.66. The van der Waals surface area contributed by atoms with E-state index in [-0.39, 0.29) is 5.91 Å². The highest BCUT2D eigenvalue weighted by Gasteiger charge is 2.18. The largest absolute Gasteiger partial charge is 0.336 e. The number of hydrogen-bond acceptors (Lipinski definition) is 2. The fourth-order valence-electron chi connectivity index (χ4n) is 1.79. The minimum Gasteiger partial charge on any atom is -0.336 e. The maximum atomic E-state index is 12.2. The van der Waals surface area contributed by atoms with Crippen LogP contribution in [0.1, 0.15) is 5.56 Å². The molecule has 1 aliphatic heterocycles. The number of nitrogens with one attached hydrogen (secondary N) is 1. The van der Waals surface area contributed by atoms with E-state index in [0.29, 0.717) is 0 Å². The Hall–Kier alpha value is -0.400. The van der Waals surface area contributed by atoms with Crippen LogP contribution in [0, 0.1) is 0 Å². The van der Waals surface area contributed by atoms with Gasteiger partial charge in [0.25, 0.3) is 5.91 Å². The van der Waals surface area contributed by atoms with Crippen LogP contribution in [0.3, 0.4) is 0 Å². The molecular formula is C13H14BrIN2O. The quantitative estimate of drug-likeness (QED) is 0.589. The fourth-order valence-corrected chi connectivity index (χ4v) is 2.75. The summed E-state index contributed by atoms with van der Waals surface area (Å²) in [5.41, 5.74) is 1.05. The SMILES string of the molecule is O=C(C(I)=Cc1ccc(Br)cc1)N1CCNCC1. The Morgan fingerprint density at radius 1 is 1.28 bits per heavy atom. The number of amides is 1. The topological polar surface area (TPSA) is 32.3 Å². The Bertz CT molecular complexity index is 453. The summed E-state index contributed by atoms with van der Waals surface area (Å²) in [6, 6.07) is 7.94. The second kappa shape index (κ2) is 6.68. The standard InChI is InChI=1S/C13H14BrIN2O/c14-11-3-1-10(2-4-11)9-12(15)13(18)17-7-5-16-6-8-17/h1-4,9,16H,5-8H2. The summed E-state index contributed by atoms with van der Waals surface area (Å²) < 4.78 is 1.81. The van der Waals surface area contributed by atoms with Crippen LogP contribution in [-0.2, 0) is 4.79 Å². The molecule has 1 aromatic carbocycles. The summed E-state index contributed by atoms with van der Waals surface area (Å²) in [5.74, 6) is 0.125. The zero-order valence-corrected chi connectivity index (χ0v) is 13.6. The van der Waals surface area contributed by atoms with E-state index in [2.05, 4.69) is 43.8 Å². The molecule has 0 aliphatic carbocycles. The first-order valence-corrected chi connectivity index (χ1v) is 7.67. The Labute approximate surface area is 129 Å².